The van der Waals surface area contributed by atoms with Gasteiger partial charge in [0.1, 0.15) is 12.6 Å². The third kappa shape index (κ3) is 5.50. The number of hydrogen-bond donors (Lipinski definition) is 3. The summed E-state index contributed by atoms with van der Waals surface area (Å²) in [5.41, 5.74) is 0. The lowest BCUT2D eigenvalue weighted by molar-refractivity contribution is -0.142. The second kappa shape index (κ2) is 8.91. The van der Waals surface area contributed by atoms with Gasteiger partial charge in [0.25, 0.3) is 11.1 Å². The second-order valence-electron chi connectivity index (χ2n) is 5.99. The Kier molecular flexibility index (Phi) is 6.89. The Morgan fingerprint density at radius 1 is 1.48 bits per heavy atom. The molecule has 1 aromatic rings. The average Bonchev–Trinajstić information content (AvgIpc) is 3.08. The molecule has 136 valence electrons. The summed E-state index contributed by atoms with van der Waals surface area (Å²) in [5, 5.41) is 10.0. The van der Waals surface area contributed by atoms with E-state index < -0.39 is 23.8 Å². The predicted molar refractivity (Wildman–Crippen MR) is 98.0 cm³/mol. The van der Waals surface area contributed by atoms with Gasteiger partial charge in [-0.25, -0.2) is 0 Å². The summed E-state index contributed by atoms with van der Waals surface area (Å²) < 4.78 is 5.47. The summed E-state index contributed by atoms with van der Waals surface area (Å²) in [6, 6.07) is 2.39. The highest BCUT2D eigenvalue weighted by Gasteiger charge is 2.33. The van der Waals surface area contributed by atoms with Crippen molar-refractivity contribution >= 4 is 46.3 Å². The van der Waals surface area contributed by atoms with Crippen molar-refractivity contribution in [2.75, 3.05) is 6.54 Å². The Morgan fingerprint density at radius 3 is 2.88 bits per heavy atom. The SMILES string of the molecule is CC(C)C(NC(=S)OCc1cccs1)C(=O)NC1CCNC(=O)C1=O. The Bertz CT molecular complexity index is 646. The highest BCUT2D eigenvalue weighted by atomic mass is 32.1. The van der Waals surface area contributed by atoms with Gasteiger partial charge in [0.15, 0.2) is 0 Å². The molecule has 0 aromatic carbocycles. The van der Waals surface area contributed by atoms with Crippen molar-refractivity contribution in [3.8, 4) is 0 Å². The highest BCUT2D eigenvalue weighted by Crippen LogP contribution is 2.10. The monoisotopic (exact) mass is 383 g/mol. The molecule has 25 heavy (non-hydrogen) atoms. The summed E-state index contributed by atoms with van der Waals surface area (Å²) in [5.74, 6) is -1.76. The molecule has 9 heteroatoms. The van der Waals surface area contributed by atoms with E-state index in [1.54, 1.807) is 11.3 Å². The first-order valence-electron chi connectivity index (χ1n) is 7.96. The van der Waals surface area contributed by atoms with E-state index in [4.69, 9.17) is 17.0 Å². The van der Waals surface area contributed by atoms with E-state index >= 15 is 0 Å². The predicted octanol–water partition coefficient (Wildman–Crippen LogP) is 0.738. The van der Waals surface area contributed by atoms with Crippen LogP contribution in [0.5, 0.6) is 0 Å². The normalized spacial score (nSPS) is 18.4. The minimum absolute atomic E-state index is 0.0872. The number of thiocarbonyl (C=S) groups is 1. The van der Waals surface area contributed by atoms with E-state index in [1.165, 1.54) is 0 Å². The maximum Gasteiger partial charge on any atom is 0.289 e. The molecule has 1 fully saturated rings. The molecule has 3 N–H and O–H groups in total. The van der Waals surface area contributed by atoms with Gasteiger partial charge in [0.2, 0.25) is 11.7 Å². The van der Waals surface area contributed by atoms with Gasteiger partial charge >= 0.3 is 0 Å². The molecule has 1 saturated heterocycles. The number of thiophene rings is 1. The molecular weight excluding hydrogens is 362 g/mol. The molecule has 0 aliphatic carbocycles. The van der Waals surface area contributed by atoms with Crippen molar-refractivity contribution in [2.45, 2.75) is 39.0 Å². The summed E-state index contributed by atoms with van der Waals surface area (Å²) >= 11 is 6.70. The Morgan fingerprint density at radius 2 is 2.24 bits per heavy atom. The summed E-state index contributed by atoms with van der Waals surface area (Å²) in [7, 11) is 0. The number of rotatable bonds is 6. The molecule has 2 unspecified atom stereocenters. The number of amides is 2. The lowest BCUT2D eigenvalue weighted by Gasteiger charge is -2.27. The molecule has 2 atom stereocenters. The van der Waals surface area contributed by atoms with Crippen LogP contribution in [-0.2, 0) is 25.7 Å². The van der Waals surface area contributed by atoms with Gasteiger partial charge < -0.3 is 20.7 Å². The van der Waals surface area contributed by atoms with E-state index in [1.807, 2.05) is 31.4 Å². The lowest BCUT2D eigenvalue weighted by atomic mass is 10.0. The van der Waals surface area contributed by atoms with Crippen LogP contribution in [0.4, 0.5) is 0 Å². The van der Waals surface area contributed by atoms with Gasteiger partial charge in [-0.15, -0.1) is 11.3 Å². The molecule has 7 nitrogen and oxygen atoms in total. The lowest BCUT2D eigenvalue weighted by Crippen LogP contribution is -2.58. The molecule has 0 bridgehead atoms. The molecule has 1 aliphatic rings. The van der Waals surface area contributed by atoms with Crippen LogP contribution in [0.25, 0.3) is 0 Å². The summed E-state index contributed by atoms with van der Waals surface area (Å²) in [6.07, 6.45) is 0.375. The Labute approximate surface area is 155 Å². The summed E-state index contributed by atoms with van der Waals surface area (Å²) in [4.78, 5) is 36.7. The third-order valence-electron chi connectivity index (χ3n) is 3.72. The molecule has 2 rings (SSSR count). The average molecular weight is 383 g/mol. The van der Waals surface area contributed by atoms with Crippen molar-refractivity contribution in [1.29, 1.82) is 0 Å². The van der Waals surface area contributed by atoms with E-state index in [9.17, 15) is 14.4 Å². The number of ether oxygens (including phenoxy) is 1. The number of hydrogen-bond acceptors (Lipinski definition) is 6. The van der Waals surface area contributed by atoms with Gasteiger partial charge in [-0.1, -0.05) is 19.9 Å². The van der Waals surface area contributed by atoms with Crippen molar-refractivity contribution in [2.24, 2.45) is 5.92 Å². The molecule has 0 saturated carbocycles. The molecular formula is C16H21N3O4S2. The zero-order chi connectivity index (χ0) is 18.4. The minimum Gasteiger partial charge on any atom is -0.465 e. The summed E-state index contributed by atoms with van der Waals surface area (Å²) in [6.45, 7) is 4.40. The first-order valence-corrected chi connectivity index (χ1v) is 9.25. The van der Waals surface area contributed by atoms with Crippen molar-refractivity contribution in [3.05, 3.63) is 22.4 Å². The van der Waals surface area contributed by atoms with Crippen molar-refractivity contribution in [1.82, 2.24) is 16.0 Å². The van der Waals surface area contributed by atoms with E-state index in [-0.39, 0.29) is 17.0 Å². The fourth-order valence-electron chi connectivity index (χ4n) is 2.34. The van der Waals surface area contributed by atoms with Gasteiger partial charge in [-0.05, 0) is 36.0 Å². The molecule has 0 spiro atoms. The maximum absolute atomic E-state index is 12.5. The van der Waals surface area contributed by atoms with Gasteiger partial charge in [0, 0.05) is 11.4 Å². The van der Waals surface area contributed by atoms with Crippen LogP contribution in [0, 0.1) is 5.92 Å². The van der Waals surface area contributed by atoms with Gasteiger partial charge in [-0.2, -0.15) is 0 Å². The number of ketones is 1. The van der Waals surface area contributed by atoms with Crippen LogP contribution in [0.2, 0.25) is 0 Å². The standard InChI is InChI=1S/C16H21N3O4S2/c1-9(2)12(19-16(24)23-8-10-4-3-7-25-10)14(21)18-11-5-6-17-15(22)13(11)20/h3-4,7,9,11-12H,5-6,8H2,1-2H3,(H,17,22)(H,18,21)(H,19,24). The zero-order valence-electron chi connectivity index (χ0n) is 14.0. The number of carbonyl (C=O) groups is 3. The smallest absolute Gasteiger partial charge is 0.289 e. The topological polar surface area (TPSA) is 96.5 Å². The largest absolute Gasteiger partial charge is 0.465 e. The fourth-order valence-corrected chi connectivity index (χ4v) is 3.14. The second-order valence-corrected chi connectivity index (χ2v) is 7.39. The van der Waals surface area contributed by atoms with Crippen LogP contribution >= 0.6 is 23.6 Å². The molecule has 2 amide bonds. The van der Waals surface area contributed by atoms with E-state index in [2.05, 4.69) is 16.0 Å². The zero-order valence-corrected chi connectivity index (χ0v) is 15.7. The van der Waals surface area contributed by atoms with Crippen LogP contribution in [0.3, 0.4) is 0 Å². The van der Waals surface area contributed by atoms with Crippen LogP contribution in [0.1, 0.15) is 25.1 Å². The van der Waals surface area contributed by atoms with Crippen LogP contribution in [0.15, 0.2) is 17.5 Å². The van der Waals surface area contributed by atoms with Gasteiger partial charge in [0.05, 0.1) is 6.04 Å². The number of nitrogens with one attached hydrogen (secondary N) is 3. The number of carbonyl (C=O) groups excluding carboxylic acids is 3. The number of piperidine rings is 1. The highest BCUT2D eigenvalue weighted by molar-refractivity contribution is 7.80. The fraction of sp³-hybridized carbons (Fsp3) is 0.500. The van der Waals surface area contributed by atoms with Crippen LogP contribution in [-0.4, -0.2) is 41.4 Å². The van der Waals surface area contributed by atoms with E-state index in [0.29, 0.717) is 19.6 Å². The Balaban J connectivity index is 1.90. The van der Waals surface area contributed by atoms with Crippen molar-refractivity contribution in [3.63, 3.8) is 0 Å². The molecule has 2 heterocycles. The minimum atomic E-state index is -0.801. The first kappa shape index (κ1) is 19.3. The van der Waals surface area contributed by atoms with E-state index in [0.717, 1.165) is 4.88 Å². The Hall–Kier alpha value is -2.00. The molecule has 1 aromatic heterocycles. The molecule has 0 radical (unpaired) electrons. The van der Waals surface area contributed by atoms with Crippen molar-refractivity contribution < 1.29 is 19.1 Å². The number of Topliss-reactive ketones (excluding diaryl/α,β-unsaturated/α-hetero) is 1. The van der Waals surface area contributed by atoms with Gasteiger partial charge in [-0.3, -0.25) is 14.4 Å². The van der Waals surface area contributed by atoms with Crippen LogP contribution < -0.4 is 16.0 Å². The first-order chi connectivity index (χ1) is 11.9. The quantitative estimate of drug-likeness (QED) is 0.495. The molecule has 1 aliphatic heterocycles. The maximum atomic E-state index is 12.5. The third-order valence-corrected chi connectivity index (χ3v) is 4.81.